The molecule has 1 N–H and O–H groups in total. The number of hydrogen-bond acceptors (Lipinski definition) is 3. The Morgan fingerprint density at radius 2 is 2.05 bits per heavy atom. The molecule has 1 heterocycles. The van der Waals surface area contributed by atoms with Crippen LogP contribution in [0.1, 0.15) is 23.7 Å². The van der Waals surface area contributed by atoms with Gasteiger partial charge >= 0.3 is 0 Å². The summed E-state index contributed by atoms with van der Waals surface area (Å²) in [5.74, 6) is 0.967. The van der Waals surface area contributed by atoms with Gasteiger partial charge < -0.3 is 10.1 Å². The van der Waals surface area contributed by atoms with Crippen LogP contribution in [0.15, 0.2) is 42.6 Å². The number of benzene rings is 1. The SMILES string of the molecule is CCNCc1cccc(C)c1OCc1ccccn1. The van der Waals surface area contributed by atoms with Crippen LogP contribution in [-0.2, 0) is 13.2 Å². The second kappa shape index (κ2) is 6.90. The Morgan fingerprint density at radius 1 is 1.16 bits per heavy atom. The molecule has 0 spiro atoms. The number of hydrogen-bond donors (Lipinski definition) is 1. The number of nitrogens with zero attached hydrogens (tertiary/aromatic N) is 1. The lowest BCUT2D eigenvalue weighted by atomic mass is 10.1. The second-order valence-corrected chi connectivity index (χ2v) is 4.45. The molecule has 0 bridgehead atoms. The van der Waals surface area contributed by atoms with Crippen LogP contribution in [0.25, 0.3) is 0 Å². The third-order valence-electron chi connectivity index (χ3n) is 2.95. The van der Waals surface area contributed by atoms with E-state index in [0.29, 0.717) is 6.61 Å². The van der Waals surface area contributed by atoms with Gasteiger partial charge in [0.05, 0.1) is 5.69 Å². The van der Waals surface area contributed by atoms with E-state index in [1.165, 1.54) is 5.56 Å². The predicted molar refractivity (Wildman–Crippen MR) is 77.1 cm³/mol. The normalized spacial score (nSPS) is 10.4. The first kappa shape index (κ1) is 13.6. The Bertz CT molecular complexity index is 511. The molecule has 100 valence electrons. The largest absolute Gasteiger partial charge is 0.487 e. The molecule has 0 saturated carbocycles. The fourth-order valence-electron chi connectivity index (χ4n) is 1.95. The summed E-state index contributed by atoms with van der Waals surface area (Å²) in [5.41, 5.74) is 3.30. The molecule has 19 heavy (non-hydrogen) atoms. The average Bonchev–Trinajstić information content (AvgIpc) is 2.45. The van der Waals surface area contributed by atoms with E-state index in [4.69, 9.17) is 4.74 Å². The van der Waals surface area contributed by atoms with E-state index in [1.807, 2.05) is 18.2 Å². The van der Waals surface area contributed by atoms with Crippen LogP contribution in [0.3, 0.4) is 0 Å². The van der Waals surface area contributed by atoms with E-state index in [-0.39, 0.29) is 0 Å². The molecule has 3 nitrogen and oxygen atoms in total. The lowest BCUT2D eigenvalue weighted by Crippen LogP contribution is -2.13. The van der Waals surface area contributed by atoms with E-state index >= 15 is 0 Å². The summed E-state index contributed by atoms with van der Waals surface area (Å²) in [4.78, 5) is 4.27. The molecular formula is C16H20N2O. The summed E-state index contributed by atoms with van der Waals surface area (Å²) in [7, 11) is 0. The molecule has 0 fully saturated rings. The van der Waals surface area contributed by atoms with Gasteiger partial charge in [-0.1, -0.05) is 31.2 Å². The maximum Gasteiger partial charge on any atom is 0.130 e. The van der Waals surface area contributed by atoms with Crippen molar-refractivity contribution in [2.75, 3.05) is 6.54 Å². The first-order valence-electron chi connectivity index (χ1n) is 6.63. The smallest absolute Gasteiger partial charge is 0.130 e. The number of pyridine rings is 1. The van der Waals surface area contributed by atoms with Crippen LogP contribution < -0.4 is 10.1 Å². The van der Waals surface area contributed by atoms with Gasteiger partial charge in [-0.05, 0) is 31.2 Å². The number of nitrogens with one attached hydrogen (secondary N) is 1. The average molecular weight is 256 g/mol. The third kappa shape index (κ3) is 3.80. The van der Waals surface area contributed by atoms with Crippen LogP contribution in [-0.4, -0.2) is 11.5 Å². The molecule has 1 aromatic carbocycles. The highest BCUT2D eigenvalue weighted by Gasteiger charge is 2.07. The molecule has 3 heteroatoms. The quantitative estimate of drug-likeness (QED) is 0.862. The summed E-state index contributed by atoms with van der Waals surface area (Å²) >= 11 is 0. The lowest BCUT2D eigenvalue weighted by molar-refractivity contribution is 0.295. The van der Waals surface area contributed by atoms with Crippen molar-refractivity contribution < 1.29 is 4.74 Å². The molecule has 1 aromatic heterocycles. The van der Waals surface area contributed by atoms with E-state index in [2.05, 4.69) is 42.3 Å². The maximum atomic E-state index is 5.95. The molecule has 0 unspecified atom stereocenters. The Morgan fingerprint density at radius 3 is 2.79 bits per heavy atom. The number of rotatable bonds is 6. The van der Waals surface area contributed by atoms with Gasteiger partial charge in [-0.25, -0.2) is 0 Å². The molecule has 2 aromatic rings. The molecule has 0 aliphatic rings. The van der Waals surface area contributed by atoms with Gasteiger partial charge in [-0.15, -0.1) is 0 Å². The van der Waals surface area contributed by atoms with Crippen molar-refractivity contribution in [1.82, 2.24) is 10.3 Å². The summed E-state index contributed by atoms with van der Waals surface area (Å²) in [5, 5.41) is 3.33. The standard InChI is InChI=1S/C16H20N2O/c1-3-17-11-14-8-6-7-13(2)16(14)19-12-15-9-4-5-10-18-15/h4-10,17H,3,11-12H2,1-2H3. The van der Waals surface area contributed by atoms with Crippen LogP contribution in [0.4, 0.5) is 0 Å². The summed E-state index contributed by atoms with van der Waals surface area (Å²) in [6.45, 7) is 6.46. The fourth-order valence-corrected chi connectivity index (χ4v) is 1.95. The maximum absolute atomic E-state index is 5.95. The van der Waals surface area contributed by atoms with Crippen LogP contribution in [0, 0.1) is 6.92 Å². The fraction of sp³-hybridized carbons (Fsp3) is 0.312. The minimum absolute atomic E-state index is 0.505. The van der Waals surface area contributed by atoms with E-state index < -0.39 is 0 Å². The van der Waals surface area contributed by atoms with Crippen LogP contribution in [0.2, 0.25) is 0 Å². The molecule has 0 atom stereocenters. The Balaban J connectivity index is 2.10. The van der Waals surface area contributed by atoms with Gasteiger partial charge in [-0.2, -0.15) is 0 Å². The van der Waals surface area contributed by atoms with Crippen LogP contribution >= 0.6 is 0 Å². The van der Waals surface area contributed by atoms with Gasteiger partial charge in [0.25, 0.3) is 0 Å². The van der Waals surface area contributed by atoms with Crippen molar-refractivity contribution in [2.45, 2.75) is 27.0 Å². The number of para-hydroxylation sites is 1. The molecule has 0 amide bonds. The first-order valence-corrected chi connectivity index (χ1v) is 6.63. The topological polar surface area (TPSA) is 34.1 Å². The molecule has 0 aliphatic carbocycles. The highest BCUT2D eigenvalue weighted by atomic mass is 16.5. The Labute approximate surface area is 114 Å². The third-order valence-corrected chi connectivity index (χ3v) is 2.95. The van der Waals surface area contributed by atoms with Crippen molar-refractivity contribution in [3.8, 4) is 5.75 Å². The molecular weight excluding hydrogens is 236 g/mol. The van der Waals surface area contributed by atoms with Gasteiger partial charge in [-0.3, -0.25) is 4.98 Å². The zero-order valence-electron chi connectivity index (χ0n) is 11.5. The van der Waals surface area contributed by atoms with Crippen molar-refractivity contribution in [1.29, 1.82) is 0 Å². The number of aromatic nitrogens is 1. The minimum Gasteiger partial charge on any atom is -0.487 e. The monoisotopic (exact) mass is 256 g/mol. The number of aryl methyl sites for hydroxylation is 1. The summed E-state index contributed by atoms with van der Waals surface area (Å²) in [6.07, 6.45) is 1.79. The van der Waals surface area contributed by atoms with E-state index in [9.17, 15) is 0 Å². The van der Waals surface area contributed by atoms with Gasteiger partial charge in [0.15, 0.2) is 0 Å². The minimum atomic E-state index is 0.505. The van der Waals surface area contributed by atoms with Crippen molar-refractivity contribution >= 4 is 0 Å². The highest BCUT2D eigenvalue weighted by molar-refractivity contribution is 5.40. The van der Waals surface area contributed by atoms with Gasteiger partial charge in [0.2, 0.25) is 0 Å². The zero-order chi connectivity index (χ0) is 13.5. The van der Waals surface area contributed by atoms with Gasteiger partial charge in [0, 0.05) is 18.3 Å². The Hall–Kier alpha value is -1.87. The lowest BCUT2D eigenvalue weighted by Gasteiger charge is -2.14. The van der Waals surface area contributed by atoms with Crippen molar-refractivity contribution in [3.63, 3.8) is 0 Å². The van der Waals surface area contributed by atoms with Crippen molar-refractivity contribution in [2.24, 2.45) is 0 Å². The second-order valence-electron chi connectivity index (χ2n) is 4.45. The summed E-state index contributed by atoms with van der Waals surface area (Å²) < 4.78 is 5.95. The zero-order valence-corrected chi connectivity index (χ0v) is 11.5. The van der Waals surface area contributed by atoms with E-state index in [1.54, 1.807) is 6.20 Å². The number of ether oxygens (including phenoxy) is 1. The first-order chi connectivity index (χ1) is 9.31. The molecule has 0 aliphatic heterocycles. The van der Waals surface area contributed by atoms with E-state index in [0.717, 1.165) is 30.1 Å². The van der Waals surface area contributed by atoms with Crippen molar-refractivity contribution in [3.05, 3.63) is 59.4 Å². The highest BCUT2D eigenvalue weighted by Crippen LogP contribution is 2.24. The van der Waals surface area contributed by atoms with Crippen LogP contribution in [0.5, 0.6) is 5.75 Å². The molecule has 0 saturated heterocycles. The summed E-state index contributed by atoms with van der Waals surface area (Å²) in [6, 6.07) is 12.1. The Kier molecular flexibility index (Phi) is 4.93. The predicted octanol–water partition coefficient (Wildman–Crippen LogP) is 3.08. The molecule has 0 radical (unpaired) electrons. The molecule has 2 rings (SSSR count). The van der Waals surface area contributed by atoms with Gasteiger partial charge in [0.1, 0.15) is 12.4 Å².